The summed E-state index contributed by atoms with van der Waals surface area (Å²) >= 11 is 0. The number of piperidine rings is 2. The van der Waals surface area contributed by atoms with Crippen molar-refractivity contribution in [3.63, 3.8) is 0 Å². The van der Waals surface area contributed by atoms with Gasteiger partial charge in [0.05, 0.1) is 11.2 Å². The third-order valence-corrected chi connectivity index (χ3v) is 12.7. The fourth-order valence-electron chi connectivity index (χ4n) is 9.27. The molecule has 3 saturated heterocycles. The smallest absolute Gasteiger partial charge is 0.269 e. The fourth-order valence-corrected chi connectivity index (χ4v) is 9.27. The number of H-pyrrole nitrogens is 1. The summed E-state index contributed by atoms with van der Waals surface area (Å²) in [5.74, 6) is -1.76. The van der Waals surface area contributed by atoms with E-state index in [0.29, 0.717) is 60.4 Å². The van der Waals surface area contributed by atoms with E-state index in [1.807, 2.05) is 36.5 Å². The van der Waals surface area contributed by atoms with Crippen LogP contribution in [0.5, 0.6) is 0 Å². The number of anilines is 3. The zero-order chi connectivity index (χ0) is 42.4. The Morgan fingerprint density at radius 3 is 2.46 bits per heavy atom. The van der Waals surface area contributed by atoms with Crippen molar-refractivity contribution in [2.45, 2.75) is 51.1 Å². The number of halogens is 2. The van der Waals surface area contributed by atoms with E-state index >= 15 is 8.78 Å². The highest BCUT2D eigenvalue weighted by atomic mass is 19.1. The van der Waals surface area contributed by atoms with Gasteiger partial charge in [-0.1, -0.05) is 18.2 Å². The number of amides is 4. The van der Waals surface area contributed by atoms with Crippen molar-refractivity contribution < 1.29 is 28.0 Å². The Hall–Kier alpha value is -6.51. The Morgan fingerprint density at radius 1 is 0.967 bits per heavy atom. The Morgan fingerprint density at radius 2 is 1.75 bits per heavy atom. The number of aryl methyl sites for hydroxylation is 1. The van der Waals surface area contributed by atoms with E-state index in [1.54, 1.807) is 48.1 Å². The molecule has 2 aromatic heterocycles. The summed E-state index contributed by atoms with van der Waals surface area (Å²) in [5, 5.41) is 10.2. The molecule has 316 valence electrons. The van der Waals surface area contributed by atoms with Crippen LogP contribution in [0.4, 0.5) is 25.8 Å². The number of hydrogen-bond donors (Lipinski definition) is 3. The first-order valence-electron chi connectivity index (χ1n) is 21.0. The van der Waals surface area contributed by atoms with Gasteiger partial charge in [0, 0.05) is 113 Å². The molecule has 4 aliphatic rings. The molecule has 9 rings (SSSR count). The Bertz CT molecular complexity index is 2530. The molecule has 0 bridgehead atoms. The van der Waals surface area contributed by atoms with Crippen molar-refractivity contribution >= 4 is 57.2 Å². The molecule has 4 aliphatic heterocycles. The van der Waals surface area contributed by atoms with Crippen LogP contribution in [0, 0.1) is 17.0 Å². The number of hydrogen-bond acceptors (Lipinski definition) is 8. The molecule has 0 aliphatic carbocycles. The molecule has 0 saturated carbocycles. The van der Waals surface area contributed by atoms with E-state index < -0.39 is 17.8 Å². The number of rotatable bonds is 10. The minimum absolute atomic E-state index is 0.0165. The van der Waals surface area contributed by atoms with Crippen LogP contribution >= 0.6 is 0 Å². The maximum absolute atomic E-state index is 16.6. The molecule has 5 aromatic rings. The van der Waals surface area contributed by atoms with Crippen LogP contribution in [0.3, 0.4) is 0 Å². The van der Waals surface area contributed by atoms with Crippen LogP contribution in [-0.4, -0.2) is 108 Å². The summed E-state index contributed by atoms with van der Waals surface area (Å²) < 4.78 is 33.6. The average molecular weight is 830 g/mol. The van der Waals surface area contributed by atoms with Gasteiger partial charge in [-0.2, -0.15) is 5.10 Å². The highest BCUT2D eigenvalue weighted by Gasteiger charge is 2.45. The number of carbonyl (C=O) groups excluding carboxylic acids is 4. The molecule has 3 N–H and O–H groups in total. The Balaban J connectivity index is 0.880. The predicted octanol–water partition coefficient (Wildman–Crippen LogP) is 6.04. The molecular weight excluding hydrogens is 781 g/mol. The van der Waals surface area contributed by atoms with Crippen LogP contribution in [-0.2, 0) is 20.9 Å². The van der Waals surface area contributed by atoms with Crippen molar-refractivity contribution in [2.24, 2.45) is 5.41 Å². The van der Waals surface area contributed by atoms with Gasteiger partial charge in [-0.25, -0.2) is 8.78 Å². The standard InChI is InChI=1S/C46H49F2N9O4/c1-53(2)45(61)38-25-35-33(24-34(42(48)43(35)51-38)30-5-3-18-55(26-30)41(59)14-20-57-19-4-17-49-57)29-6-9-32(10-7-29)54-21-15-46(16-22-54)27-56(28-46)39-12-8-31(23-36(39)47)50-37-11-13-40(58)52-44(37)60/h4-10,12,17,19,23-25,37,50-51H,3,11,13-16,18,20-22,26-28H2,1-2H3,(H,52,58,60). The van der Waals surface area contributed by atoms with Crippen LogP contribution in [0.1, 0.15) is 54.6 Å². The zero-order valence-electron chi connectivity index (χ0n) is 34.3. The molecule has 4 amide bonds. The maximum Gasteiger partial charge on any atom is 0.269 e. The van der Waals surface area contributed by atoms with Crippen LogP contribution in [0.2, 0.25) is 0 Å². The van der Waals surface area contributed by atoms with E-state index in [4.69, 9.17) is 0 Å². The zero-order valence-corrected chi connectivity index (χ0v) is 34.3. The number of imide groups is 1. The summed E-state index contributed by atoms with van der Waals surface area (Å²) in [6.45, 7) is 4.55. The molecule has 0 radical (unpaired) electrons. The maximum atomic E-state index is 16.6. The van der Waals surface area contributed by atoms with Gasteiger partial charge in [0.25, 0.3) is 5.91 Å². The fraction of sp³-hybridized carbons (Fsp3) is 0.370. The van der Waals surface area contributed by atoms with Gasteiger partial charge in [0.2, 0.25) is 17.7 Å². The SMILES string of the molecule is CN(C)C(=O)c1cc2c(-c3ccc(N4CCC5(CC4)CN(c4ccc(NC6CCC(=O)NC6=O)cc4F)C5)cc3)cc(C3=CCCN(C(=O)CCn4cccn4)C3)c(F)c2[nH]1. The highest BCUT2D eigenvalue weighted by molar-refractivity contribution is 6.05. The number of carbonyl (C=O) groups is 4. The van der Waals surface area contributed by atoms with Crippen molar-refractivity contribution in [1.82, 2.24) is 29.9 Å². The van der Waals surface area contributed by atoms with Crippen molar-refractivity contribution in [3.05, 3.63) is 102 Å². The monoisotopic (exact) mass is 829 g/mol. The normalized spacial score (nSPS) is 18.9. The van der Waals surface area contributed by atoms with E-state index in [-0.39, 0.29) is 47.4 Å². The number of fused-ring (bicyclic) bond motifs is 1. The minimum Gasteiger partial charge on any atom is -0.374 e. The number of aromatic amines is 1. The Kier molecular flexibility index (Phi) is 10.6. The summed E-state index contributed by atoms with van der Waals surface area (Å²) in [7, 11) is 3.32. The lowest BCUT2D eigenvalue weighted by Gasteiger charge is -2.55. The number of nitrogens with one attached hydrogen (secondary N) is 3. The van der Waals surface area contributed by atoms with E-state index in [9.17, 15) is 19.2 Å². The number of aromatic nitrogens is 3. The Labute approximate surface area is 352 Å². The van der Waals surface area contributed by atoms with Gasteiger partial charge in [0.15, 0.2) is 5.82 Å². The lowest BCUT2D eigenvalue weighted by molar-refractivity contribution is -0.134. The lowest BCUT2D eigenvalue weighted by Crippen LogP contribution is -2.60. The van der Waals surface area contributed by atoms with Gasteiger partial charge in [-0.15, -0.1) is 0 Å². The first kappa shape index (κ1) is 39.9. The van der Waals surface area contributed by atoms with Gasteiger partial charge in [-0.05, 0) is 90.9 Å². The van der Waals surface area contributed by atoms with Crippen molar-refractivity contribution in [3.8, 4) is 11.1 Å². The quantitative estimate of drug-likeness (QED) is 0.145. The van der Waals surface area contributed by atoms with E-state index in [2.05, 4.69) is 42.6 Å². The first-order valence-corrected chi connectivity index (χ1v) is 21.0. The number of nitrogens with zero attached hydrogens (tertiary/aromatic N) is 6. The molecule has 1 spiro atoms. The van der Waals surface area contributed by atoms with Crippen LogP contribution in [0.15, 0.2) is 79.1 Å². The minimum atomic E-state index is -0.574. The van der Waals surface area contributed by atoms with Gasteiger partial charge in [-0.3, -0.25) is 29.2 Å². The molecular formula is C46H49F2N9O4. The second-order valence-corrected chi connectivity index (χ2v) is 17.0. The number of benzene rings is 3. The third kappa shape index (κ3) is 7.96. The molecule has 13 nitrogen and oxygen atoms in total. The summed E-state index contributed by atoms with van der Waals surface area (Å²) in [6.07, 6.45) is 8.96. The molecule has 15 heteroatoms. The predicted molar refractivity (Wildman–Crippen MR) is 230 cm³/mol. The third-order valence-electron chi connectivity index (χ3n) is 12.7. The van der Waals surface area contributed by atoms with Gasteiger partial charge in [0.1, 0.15) is 17.6 Å². The molecule has 3 fully saturated rings. The van der Waals surface area contributed by atoms with E-state index in [1.165, 1.54) is 11.0 Å². The van der Waals surface area contributed by atoms with Crippen molar-refractivity contribution in [1.29, 1.82) is 0 Å². The van der Waals surface area contributed by atoms with E-state index in [0.717, 1.165) is 61.4 Å². The molecule has 1 unspecified atom stereocenters. The van der Waals surface area contributed by atoms with Crippen LogP contribution in [0.25, 0.3) is 27.6 Å². The summed E-state index contributed by atoms with van der Waals surface area (Å²) in [5.41, 5.74) is 5.57. The van der Waals surface area contributed by atoms with Crippen molar-refractivity contribution in [2.75, 3.05) is 68.5 Å². The molecule has 6 heterocycles. The second kappa shape index (κ2) is 16.2. The summed E-state index contributed by atoms with van der Waals surface area (Å²) in [6, 6.07) is 18.1. The topological polar surface area (TPSA) is 139 Å². The molecule has 3 aromatic carbocycles. The lowest BCUT2D eigenvalue weighted by atomic mass is 9.71. The van der Waals surface area contributed by atoms with Gasteiger partial charge >= 0.3 is 0 Å². The summed E-state index contributed by atoms with van der Waals surface area (Å²) in [4.78, 5) is 60.7. The second-order valence-electron chi connectivity index (χ2n) is 17.0. The molecule has 61 heavy (non-hydrogen) atoms. The van der Waals surface area contributed by atoms with Crippen LogP contribution < -0.4 is 20.4 Å². The first-order chi connectivity index (χ1) is 29.4. The molecule has 1 atom stereocenters. The highest BCUT2D eigenvalue weighted by Crippen LogP contribution is 2.45. The van der Waals surface area contributed by atoms with Gasteiger partial charge < -0.3 is 29.9 Å². The largest absolute Gasteiger partial charge is 0.374 e. The average Bonchev–Trinajstić information content (AvgIpc) is 3.95.